The van der Waals surface area contributed by atoms with Crippen molar-refractivity contribution in [3.63, 3.8) is 0 Å². The number of anilines is 1. The Morgan fingerprint density at radius 3 is 2.38 bits per heavy atom. The van der Waals surface area contributed by atoms with Crippen LogP contribution in [0.1, 0.15) is 29.8 Å². The van der Waals surface area contributed by atoms with Gasteiger partial charge in [-0.2, -0.15) is 23.5 Å². The molecule has 15 heteroatoms. The number of halogens is 5. The number of nitrogens with one attached hydrogen (secondary N) is 2. The molecule has 1 amide bonds. The molecule has 0 aliphatic heterocycles. The number of hydrogen-bond donors (Lipinski definition) is 4. The number of hydrogen-bond acceptors (Lipinski definition) is 7. The van der Waals surface area contributed by atoms with Crippen molar-refractivity contribution in [2.24, 2.45) is 5.73 Å². The number of amides is 1. The molecular weight excluding hydrogens is 505 g/mol. The summed E-state index contributed by atoms with van der Waals surface area (Å²) in [5.41, 5.74) is 7.94. The number of nitrogens with zero attached hydrogens (tertiary/aromatic N) is 4. The molecule has 3 aromatic heterocycles. The number of carboxylic acids is 1. The van der Waals surface area contributed by atoms with Crippen molar-refractivity contribution < 1.29 is 36.6 Å². The number of rotatable bonds is 7. The molecule has 0 atom stereocenters. The Morgan fingerprint density at radius 2 is 1.84 bits per heavy atom. The van der Waals surface area contributed by atoms with Gasteiger partial charge in [-0.3, -0.25) is 9.78 Å². The minimum atomic E-state index is -5.08. The molecular formula is C22H22F5N7O3. The highest BCUT2D eigenvalue weighted by atomic mass is 19.4. The third-order valence-corrected chi connectivity index (χ3v) is 4.53. The standard InChI is InChI=1S/C20H21F2N7O.C2HF3O2/c1-12(2)28-16-6-17(18-4-3-14-5-13(7-23)8-27-29(14)18)25-9-15(16)19(30)26-11-20(21,22)10-24;3-2(4,5)1(6)7/h3-6,8-9,12H,10-11,24H2,1-2H3,(H,25,28)(H,26,30);(H,6,7). The van der Waals surface area contributed by atoms with E-state index in [1.807, 2.05) is 19.9 Å². The monoisotopic (exact) mass is 527 g/mol. The maximum atomic E-state index is 13.4. The lowest BCUT2D eigenvalue weighted by molar-refractivity contribution is -0.192. The van der Waals surface area contributed by atoms with Crippen molar-refractivity contribution in [3.05, 3.63) is 47.8 Å². The number of nitrogens with two attached hydrogens (primary N) is 1. The zero-order valence-corrected chi connectivity index (χ0v) is 19.5. The highest BCUT2D eigenvalue weighted by molar-refractivity contribution is 6.00. The molecule has 0 spiro atoms. The van der Waals surface area contributed by atoms with E-state index in [0.29, 0.717) is 22.6 Å². The van der Waals surface area contributed by atoms with Gasteiger partial charge in [-0.25, -0.2) is 18.1 Å². The van der Waals surface area contributed by atoms with E-state index in [9.17, 15) is 26.7 Å². The number of carbonyl (C=O) groups is 2. The number of aromatic nitrogens is 3. The summed E-state index contributed by atoms with van der Waals surface area (Å²) in [6.07, 6.45) is -2.30. The second-order valence-electron chi connectivity index (χ2n) is 7.87. The average Bonchev–Trinajstić information content (AvgIpc) is 3.25. The van der Waals surface area contributed by atoms with E-state index < -0.39 is 37.1 Å². The van der Waals surface area contributed by atoms with Gasteiger partial charge in [0, 0.05) is 12.2 Å². The van der Waals surface area contributed by atoms with Crippen molar-refractivity contribution in [3.8, 4) is 17.5 Å². The number of carbonyl (C=O) groups excluding carboxylic acids is 1. The van der Waals surface area contributed by atoms with Gasteiger partial charge in [0.1, 0.15) is 6.07 Å². The predicted octanol–water partition coefficient (Wildman–Crippen LogP) is 3.05. The van der Waals surface area contributed by atoms with Crippen molar-refractivity contribution >= 4 is 23.1 Å². The van der Waals surface area contributed by atoms with Crippen LogP contribution in [0.4, 0.5) is 27.6 Å². The molecule has 3 heterocycles. The molecule has 0 aliphatic rings. The van der Waals surface area contributed by atoms with Gasteiger partial charge in [-0.1, -0.05) is 0 Å². The first kappa shape index (κ1) is 28.9. The lowest BCUT2D eigenvalue weighted by atomic mass is 10.1. The first-order valence-electron chi connectivity index (χ1n) is 10.5. The second kappa shape index (κ2) is 11.6. The minimum absolute atomic E-state index is 0.0161. The highest BCUT2D eigenvalue weighted by Crippen LogP contribution is 2.26. The van der Waals surface area contributed by atoms with Gasteiger partial charge in [0.15, 0.2) is 0 Å². The number of aliphatic carboxylic acids is 1. The molecule has 0 unspecified atom stereocenters. The van der Waals surface area contributed by atoms with Crippen LogP contribution in [0, 0.1) is 11.3 Å². The van der Waals surface area contributed by atoms with E-state index >= 15 is 0 Å². The van der Waals surface area contributed by atoms with Gasteiger partial charge in [-0.15, -0.1) is 0 Å². The molecule has 0 aromatic carbocycles. The van der Waals surface area contributed by atoms with Gasteiger partial charge in [0.2, 0.25) is 0 Å². The SMILES string of the molecule is CC(C)Nc1cc(-c2ccc3cc(C#N)cnn23)ncc1C(=O)NCC(F)(F)CN.O=C(O)C(F)(F)F. The molecule has 3 rings (SSSR count). The van der Waals surface area contributed by atoms with Crippen molar-refractivity contribution in [2.45, 2.75) is 32.0 Å². The van der Waals surface area contributed by atoms with Gasteiger partial charge in [0.05, 0.1) is 53.0 Å². The Bertz CT molecular complexity index is 1320. The molecule has 0 saturated heterocycles. The van der Waals surface area contributed by atoms with Crippen molar-refractivity contribution in [2.75, 3.05) is 18.4 Å². The van der Waals surface area contributed by atoms with Crippen LogP contribution in [0.25, 0.3) is 16.9 Å². The highest BCUT2D eigenvalue weighted by Gasteiger charge is 2.38. The first-order valence-corrected chi connectivity index (χ1v) is 10.5. The summed E-state index contributed by atoms with van der Waals surface area (Å²) in [6, 6.07) is 8.98. The van der Waals surface area contributed by atoms with Gasteiger partial charge in [0.25, 0.3) is 11.8 Å². The van der Waals surface area contributed by atoms with E-state index in [-0.39, 0.29) is 11.6 Å². The summed E-state index contributed by atoms with van der Waals surface area (Å²) in [4.78, 5) is 25.7. The molecule has 198 valence electrons. The smallest absolute Gasteiger partial charge is 0.475 e. The zero-order chi connectivity index (χ0) is 28.0. The quantitative estimate of drug-likeness (QED) is 0.341. The van der Waals surface area contributed by atoms with Gasteiger partial charge >= 0.3 is 12.1 Å². The van der Waals surface area contributed by atoms with Crippen LogP contribution in [0.3, 0.4) is 0 Å². The third-order valence-electron chi connectivity index (χ3n) is 4.53. The van der Waals surface area contributed by atoms with Crippen LogP contribution >= 0.6 is 0 Å². The van der Waals surface area contributed by atoms with Crippen LogP contribution in [0.2, 0.25) is 0 Å². The van der Waals surface area contributed by atoms with Crippen molar-refractivity contribution in [1.29, 1.82) is 5.26 Å². The Kier molecular flexibility index (Phi) is 9.07. The maximum Gasteiger partial charge on any atom is 0.490 e. The summed E-state index contributed by atoms with van der Waals surface area (Å²) in [7, 11) is 0. The number of alkyl halides is 5. The fourth-order valence-electron chi connectivity index (χ4n) is 2.84. The molecule has 0 bridgehead atoms. The van der Waals surface area contributed by atoms with Crippen LogP contribution in [-0.4, -0.2) is 62.8 Å². The lowest BCUT2D eigenvalue weighted by Crippen LogP contribution is -2.41. The first-order chi connectivity index (χ1) is 17.2. The fourth-order valence-corrected chi connectivity index (χ4v) is 2.84. The molecule has 0 aliphatic carbocycles. The van der Waals surface area contributed by atoms with Gasteiger partial charge < -0.3 is 21.5 Å². The largest absolute Gasteiger partial charge is 0.490 e. The topological polar surface area (TPSA) is 158 Å². The maximum absolute atomic E-state index is 13.4. The Labute approximate surface area is 206 Å². The molecule has 10 nitrogen and oxygen atoms in total. The zero-order valence-electron chi connectivity index (χ0n) is 19.5. The van der Waals surface area contributed by atoms with Crippen LogP contribution in [-0.2, 0) is 4.79 Å². The minimum Gasteiger partial charge on any atom is -0.475 e. The Balaban J connectivity index is 0.000000604. The summed E-state index contributed by atoms with van der Waals surface area (Å²) in [5.74, 6) is -6.62. The van der Waals surface area contributed by atoms with E-state index in [0.717, 1.165) is 5.52 Å². The van der Waals surface area contributed by atoms with E-state index in [1.54, 1.807) is 28.8 Å². The van der Waals surface area contributed by atoms with Crippen LogP contribution in [0.5, 0.6) is 0 Å². The number of fused-ring (bicyclic) bond motifs is 1. The Morgan fingerprint density at radius 1 is 1.19 bits per heavy atom. The number of pyridine rings is 1. The van der Waals surface area contributed by atoms with E-state index in [4.69, 9.17) is 20.9 Å². The number of carboxylic acid groups (broad SMARTS) is 1. The average molecular weight is 527 g/mol. The third kappa shape index (κ3) is 7.84. The van der Waals surface area contributed by atoms with E-state index in [1.165, 1.54) is 12.4 Å². The Hall–Kier alpha value is -4.32. The normalized spacial score (nSPS) is 11.5. The molecule has 3 aromatic rings. The molecule has 0 fully saturated rings. The summed E-state index contributed by atoms with van der Waals surface area (Å²) < 4.78 is 60.1. The molecule has 5 N–H and O–H groups in total. The summed E-state index contributed by atoms with van der Waals surface area (Å²) >= 11 is 0. The van der Waals surface area contributed by atoms with Gasteiger partial charge in [-0.05, 0) is 38.1 Å². The molecule has 0 radical (unpaired) electrons. The fraction of sp³-hybridized carbons (Fsp3) is 0.318. The van der Waals surface area contributed by atoms with Crippen LogP contribution in [0.15, 0.2) is 36.7 Å². The van der Waals surface area contributed by atoms with Crippen LogP contribution < -0.4 is 16.4 Å². The van der Waals surface area contributed by atoms with Crippen molar-refractivity contribution in [1.82, 2.24) is 19.9 Å². The van der Waals surface area contributed by atoms with E-state index in [2.05, 4.69) is 20.7 Å². The molecule has 37 heavy (non-hydrogen) atoms. The summed E-state index contributed by atoms with van der Waals surface area (Å²) in [5, 5.41) is 25.8. The predicted molar refractivity (Wildman–Crippen MR) is 122 cm³/mol. The second-order valence-corrected chi connectivity index (χ2v) is 7.87. The summed E-state index contributed by atoms with van der Waals surface area (Å²) in [6.45, 7) is 2.06. The molecule has 0 saturated carbocycles. The number of nitriles is 1. The lowest BCUT2D eigenvalue weighted by Gasteiger charge is -2.18.